The molecule has 0 N–H and O–H groups in total. The SMILES string of the molecule is CSC1=C(OS(=O)(=O)C(F)(F)F)CCCCC1. The zero-order valence-corrected chi connectivity index (χ0v) is 10.8. The van der Waals surface area contributed by atoms with Crippen molar-refractivity contribution in [2.24, 2.45) is 0 Å². The minimum atomic E-state index is -5.53. The van der Waals surface area contributed by atoms with Crippen molar-refractivity contribution in [2.75, 3.05) is 6.26 Å². The lowest BCUT2D eigenvalue weighted by Gasteiger charge is -2.14. The van der Waals surface area contributed by atoms with Crippen LogP contribution in [0.3, 0.4) is 0 Å². The Morgan fingerprint density at radius 3 is 2.29 bits per heavy atom. The van der Waals surface area contributed by atoms with Gasteiger partial charge in [0, 0.05) is 11.3 Å². The minimum absolute atomic E-state index is 0.0488. The van der Waals surface area contributed by atoms with E-state index in [1.807, 2.05) is 0 Å². The Kier molecular flexibility index (Phi) is 4.77. The second-order valence-corrected chi connectivity index (χ2v) is 6.03. The average Bonchev–Trinajstić information content (AvgIpc) is 2.40. The summed E-state index contributed by atoms with van der Waals surface area (Å²) >= 11 is 1.24. The van der Waals surface area contributed by atoms with Crippen molar-refractivity contribution in [1.29, 1.82) is 0 Å². The van der Waals surface area contributed by atoms with Crippen LogP contribution >= 0.6 is 11.8 Å². The van der Waals surface area contributed by atoms with Gasteiger partial charge in [0.1, 0.15) is 5.76 Å². The molecule has 0 fully saturated rings. The molecule has 0 spiro atoms. The average molecular weight is 290 g/mol. The van der Waals surface area contributed by atoms with Crippen LogP contribution in [0.2, 0.25) is 0 Å². The van der Waals surface area contributed by atoms with E-state index in [2.05, 4.69) is 4.18 Å². The molecule has 0 saturated carbocycles. The zero-order chi connectivity index (χ0) is 13.1. The van der Waals surface area contributed by atoms with Gasteiger partial charge in [0.15, 0.2) is 0 Å². The lowest BCUT2D eigenvalue weighted by Crippen LogP contribution is -2.25. The Hall–Kier alpha value is -0.370. The largest absolute Gasteiger partial charge is 0.534 e. The summed E-state index contributed by atoms with van der Waals surface area (Å²) in [5.74, 6) is -0.0488. The van der Waals surface area contributed by atoms with E-state index in [0.29, 0.717) is 17.7 Å². The molecule has 1 aliphatic carbocycles. The molecule has 0 atom stereocenters. The Balaban J connectivity index is 2.95. The van der Waals surface area contributed by atoms with Gasteiger partial charge < -0.3 is 4.18 Å². The van der Waals surface area contributed by atoms with Crippen molar-refractivity contribution in [3.8, 4) is 0 Å². The van der Waals surface area contributed by atoms with E-state index in [9.17, 15) is 21.6 Å². The molecule has 3 nitrogen and oxygen atoms in total. The molecular weight excluding hydrogens is 277 g/mol. The fourth-order valence-corrected chi connectivity index (χ4v) is 2.83. The van der Waals surface area contributed by atoms with Crippen LogP contribution < -0.4 is 0 Å². The fourth-order valence-electron chi connectivity index (χ4n) is 1.51. The second kappa shape index (κ2) is 5.51. The molecule has 0 amide bonds. The first-order valence-electron chi connectivity index (χ1n) is 5.04. The predicted molar refractivity (Wildman–Crippen MR) is 59.7 cm³/mol. The first-order chi connectivity index (χ1) is 7.78. The maximum Gasteiger partial charge on any atom is 0.534 e. The highest BCUT2D eigenvalue weighted by molar-refractivity contribution is 8.02. The lowest BCUT2D eigenvalue weighted by molar-refractivity contribution is -0.0523. The lowest BCUT2D eigenvalue weighted by atomic mass is 10.2. The Bertz CT molecular complexity index is 398. The van der Waals surface area contributed by atoms with Gasteiger partial charge in [-0.3, -0.25) is 0 Å². The molecule has 1 rings (SSSR count). The molecule has 100 valence electrons. The molecule has 0 heterocycles. The number of hydrogen-bond donors (Lipinski definition) is 0. The molecule has 0 radical (unpaired) electrons. The van der Waals surface area contributed by atoms with Gasteiger partial charge in [0.05, 0.1) is 0 Å². The molecule has 0 aromatic rings. The summed E-state index contributed by atoms with van der Waals surface area (Å²) in [4.78, 5) is 0.593. The van der Waals surface area contributed by atoms with E-state index < -0.39 is 15.6 Å². The van der Waals surface area contributed by atoms with Crippen LogP contribution in [-0.4, -0.2) is 20.2 Å². The highest BCUT2D eigenvalue weighted by Gasteiger charge is 2.49. The quantitative estimate of drug-likeness (QED) is 0.590. The first kappa shape index (κ1) is 14.7. The van der Waals surface area contributed by atoms with E-state index in [-0.39, 0.29) is 12.2 Å². The summed E-state index contributed by atoms with van der Waals surface area (Å²) in [5.41, 5.74) is -5.37. The normalized spacial score (nSPS) is 19.1. The Morgan fingerprint density at radius 2 is 1.76 bits per heavy atom. The minimum Gasteiger partial charge on any atom is -0.380 e. The molecule has 0 unspecified atom stereocenters. The molecule has 0 aromatic carbocycles. The van der Waals surface area contributed by atoms with Crippen molar-refractivity contribution in [3.05, 3.63) is 10.7 Å². The van der Waals surface area contributed by atoms with Crippen LogP contribution in [-0.2, 0) is 14.3 Å². The van der Waals surface area contributed by atoms with Gasteiger partial charge in [-0.25, -0.2) is 0 Å². The third-order valence-electron chi connectivity index (χ3n) is 2.36. The molecule has 0 bridgehead atoms. The van der Waals surface area contributed by atoms with Gasteiger partial charge in [-0.2, -0.15) is 21.6 Å². The summed E-state index contributed by atoms with van der Waals surface area (Å²) in [7, 11) is -5.53. The smallest absolute Gasteiger partial charge is 0.380 e. The Labute approximate surface area is 103 Å². The topological polar surface area (TPSA) is 43.4 Å². The Morgan fingerprint density at radius 1 is 1.18 bits per heavy atom. The number of halogens is 3. The summed E-state index contributed by atoms with van der Waals surface area (Å²) in [6.45, 7) is 0. The zero-order valence-electron chi connectivity index (χ0n) is 9.21. The third kappa shape index (κ3) is 3.80. The van der Waals surface area contributed by atoms with Crippen LogP contribution in [0.5, 0.6) is 0 Å². The predicted octanol–water partition coefficient (Wildman–Crippen LogP) is 3.39. The van der Waals surface area contributed by atoms with Gasteiger partial charge in [-0.1, -0.05) is 6.42 Å². The van der Waals surface area contributed by atoms with E-state index in [1.54, 1.807) is 6.26 Å². The van der Waals surface area contributed by atoms with Gasteiger partial charge in [0.25, 0.3) is 0 Å². The molecular formula is C9H13F3O3S2. The molecule has 1 aliphatic rings. The van der Waals surface area contributed by atoms with E-state index >= 15 is 0 Å². The first-order valence-corrected chi connectivity index (χ1v) is 7.68. The van der Waals surface area contributed by atoms with Crippen LogP contribution in [0.25, 0.3) is 0 Å². The standard InChI is InChI=1S/C9H13F3O3S2/c1-16-8-6-4-2-3-5-7(8)15-17(13,14)9(10,11)12/h2-6H2,1H3. The van der Waals surface area contributed by atoms with E-state index in [0.717, 1.165) is 12.8 Å². The molecule has 0 aromatic heterocycles. The van der Waals surface area contributed by atoms with E-state index in [1.165, 1.54) is 11.8 Å². The fraction of sp³-hybridized carbons (Fsp3) is 0.778. The van der Waals surface area contributed by atoms with Crippen LogP contribution in [0, 0.1) is 0 Å². The highest BCUT2D eigenvalue weighted by Crippen LogP contribution is 2.35. The maximum absolute atomic E-state index is 12.2. The summed E-state index contributed by atoms with van der Waals surface area (Å²) in [5, 5.41) is 0. The summed E-state index contributed by atoms with van der Waals surface area (Å²) in [6, 6.07) is 0. The highest BCUT2D eigenvalue weighted by atomic mass is 32.2. The van der Waals surface area contributed by atoms with Gasteiger partial charge in [0.2, 0.25) is 0 Å². The third-order valence-corrected chi connectivity index (χ3v) is 4.27. The summed E-state index contributed by atoms with van der Waals surface area (Å²) in [6.07, 6.45) is 4.87. The van der Waals surface area contributed by atoms with Gasteiger partial charge >= 0.3 is 15.6 Å². The molecule has 8 heteroatoms. The second-order valence-electron chi connectivity index (χ2n) is 3.59. The van der Waals surface area contributed by atoms with Crippen molar-refractivity contribution in [1.82, 2.24) is 0 Å². The van der Waals surface area contributed by atoms with Crippen LogP contribution in [0.1, 0.15) is 32.1 Å². The monoisotopic (exact) mass is 290 g/mol. The van der Waals surface area contributed by atoms with Crippen molar-refractivity contribution >= 4 is 21.9 Å². The van der Waals surface area contributed by atoms with Crippen LogP contribution in [0.4, 0.5) is 13.2 Å². The summed E-state index contributed by atoms with van der Waals surface area (Å²) < 4.78 is 62.6. The number of allylic oxidation sites excluding steroid dienone is 2. The van der Waals surface area contributed by atoms with Crippen LogP contribution in [0.15, 0.2) is 10.7 Å². The number of thioether (sulfide) groups is 1. The van der Waals surface area contributed by atoms with Crippen molar-refractivity contribution in [3.63, 3.8) is 0 Å². The van der Waals surface area contributed by atoms with E-state index in [4.69, 9.17) is 0 Å². The number of alkyl halides is 3. The molecule has 0 aliphatic heterocycles. The maximum atomic E-state index is 12.2. The number of rotatable bonds is 3. The van der Waals surface area contributed by atoms with Crippen molar-refractivity contribution < 1.29 is 25.8 Å². The molecule has 17 heavy (non-hydrogen) atoms. The van der Waals surface area contributed by atoms with Gasteiger partial charge in [-0.15, -0.1) is 11.8 Å². The van der Waals surface area contributed by atoms with Gasteiger partial charge in [-0.05, 0) is 25.5 Å². The molecule has 0 saturated heterocycles. The number of hydrogen-bond acceptors (Lipinski definition) is 4. The van der Waals surface area contributed by atoms with Crippen molar-refractivity contribution in [2.45, 2.75) is 37.6 Å².